The van der Waals surface area contributed by atoms with Crippen LogP contribution in [0.4, 0.5) is 0 Å². The molecule has 0 radical (unpaired) electrons. The van der Waals surface area contributed by atoms with E-state index in [2.05, 4.69) is 5.32 Å². The molecule has 5 heteroatoms. The van der Waals surface area contributed by atoms with E-state index in [1.165, 1.54) is 0 Å². The normalized spacial score (nSPS) is 10.1. The van der Waals surface area contributed by atoms with Gasteiger partial charge in [-0.05, 0) is 36.8 Å². The van der Waals surface area contributed by atoms with Gasteiger partial charge in [-0.25, -0.2) is 0 Å². The molecule has 1 N–H and O–H groups in total. The van der Waals surface area contributed by atoms with Crippen LogP contribution in [0.25, 0.3) is 0 Å². The van der Waals surface area contributed by atoms with Crippen LogP contribution in [0.15, 0.2) is 48.5 Å². The van der Waals surface area contributed by atoms with Crippen LogP contribution in [0, 0.1) is 0 Å². The van der Waals surface area contributed by atoms with Gasteiger partial charge in [0.05, 0.1) is 11.6 Å². The fourth-order valence-corrected chi connectivity index (χ4v) is 2.02. The van der Waals surface area contributed by atoms with Crippen molar-refractivity contribution in [3.63, 3.8) is 0 Å². The molecule has 4 nitrogen and oxygen atoms in total. The number of rotatable bonds is 7. The standard InChI is InChI=1S/C17H18ClNO3/c1-2-21-14-9-7-13(8-10-14)11-19-17(20)12-22-16-6-4-3-5-15(16)18/h3-10H,2,11-12H2,1H3,(H,19,20). The van der Waals surface area contributed by atoms with Gasteiger partial charge in [-0.15, -0.1) is 0 Å². The monoisotopic (exact) mass is 319 g/mol. The average molecular weight is 320 g/mol. The number of carbonyl (C=O) groups excluding carboxylic acids is 1. The number of amides is 1. The number of carbonyl (C=O) groups is 1. The summed E-state index contributed by atoms with van der Waals surface area (Å²) in [7, 11) is 0. The molecular formula is C17H18ClNO3. The van der Waals surface area contributed by atoms with Gasteiger partial charge < -0.3 is 14.8 Å². The summed E-state index contributed by atoms with van der Waals surface area (Å²) in [5, 5.41) is 3.28. The highest BCUT2D eigenvalue weighted by Gasteiger charge is 2.05. The number of hydrogen-bond acceptors (Lipinski definition) is 3. The van der Waals surface area contributed by atoms with Gasteiger partial charge in [-0.1, -0.05) is 35.9 Å². The summed E-state index contributed by atoms with van der Waals surface area (Å²) in [4.78, 5) is 11.8. The number of hydrogen-bond donors (Lipinski definition) is 1. The Labute approximate surface area is 135 Å². The average Bonchev–Trinajstić information content (AvgIpc) is 2.54. The van der Waals surface area contributed by atoms with E-state index in [4.69, 9.17) is 21.1 Å². The maximum Gasteiger partial charge on any atom is 0.258 e. The highest BCUT2D eigenvalue weighted by Crippen LogP contribution is 2.22. The summed E-state index contributed by atoms with van der Waals surface area (Å²) in [6, 6.07) is 14.6. The molecule has 116 valence electrons. The van der Waals surface area contributed by atoms with Crippen molar-refractivity contribution in [3.05, 3.63) is 59.1 Å². The van der Waals surface area contributed by atoms with Crippen molar-refractivity contribution >= 4 is 17.5 Å². The first-order valence-electron chi connectivity index (χ1n) is 7.05. The summed E-state index contributed by atoms with van der Waals surface area (Å²) in [5.41, 5.74) is 0.995. The molecule has 2 rings (SSSR count). The minimum Gasteiger partial charge on any atom is -0.494 e. The molecule has 0 unspecified atom stereocenters. The molecular weight excluding hydrogens is 302 g/mol. The largest absolute Gasteiger partial charge is 0.494 e. The summed E-state index contributed by atoms with van der Waals surface area (Å²) < 4.78 is 10.7. The van der Waals surface area contributed by atoms with Crippen molar-refractivity contribution in [2.45, 2.75) is 13.5 Å². The van der Waals surface area contributed by atoms with Gasteiger partial charge in [-0.2, -0.15) is 0 Å². The van der Waals surface area contributed by atoms with Crippen LogP contribution in [0.3, 0.4) is 0 Å². The van der Waals surface area contributed by atoms with Crippen molar-refractivity contribution in [2.24, 2.45) is 0 Å². The fourth-order valence-electron chi connectivity index (χ4n) is 1.83. The molecule has 0 fully saturated rings. The first-order chi connectivity index (χ1) is 10.7. The maximum atomic E-state index is 11.8. The van der Waals surface area contributed by atoms with Crippen LogP contribution in [0.2, 0.25) is 5.02 Å². The van der Waals surface area contributed by atoms with E-state index >= 15 is 0 Å². The molecule has 1 amide bonds. The third kappa shape index (κ3) is 4.97. The van der Waals surface area contributed by atoms with E-state index in [0.29, 0.717) is 23.9 Å². The molecule has 22 heavy (non-hydrogen) atoms. The number of nitrogens with one attached hydrogen (secondary N) is 1. The Balaban J connectivity index is 1.76. The highest BCUT2D eigenvalue weighted by atomic mass is 35.5. The van der Waals surface area contributed by atoms with Crippen molar-refractivity contribution in [1.82, 2.24) is 5.32 Å². The lowest BCUT2D eigenvalue weighted by molar-refractivity contribution is -0.123. The number of ether oxygens (including phenoxy) is 2. The third-order valence-corrected chi connectivity index (χ3v) is 3.23. The van der Waals surface area contributed by atoms with Gasteiger partial charge in [0.25, 0.3) is 5.91 Å². The zero-order valence-corrected chi connectivity index (χ0v) is 13.1. The topological polar surface area (TPSA) is 47.6 Å². The second-order valence-corrected chi connectivity index (χ2v) is 4.98. The molecule has 0 aliphatic rings. The van der Waals surface area contributed by atoms with Gasteiger partial charge in [0.2, 0.25) is 0 Å². The second-order valence-electron chi connectivity index (χ2n) is 4.57. The van der Waals surface area contributed by atoms with Crippen molar-refractivity contribution in [1.29, 1.82) is 0 Å². The first kappa shape index (κ1) is 16.2. The van der Waals surface area contributed by atoms with Crippen molar-refractivity contribution in [2.75, 3.05) is 13.2 Å². The first-order valence-corrected chi connectivity index (χ1v) is 7.42. The van der Waals surface area contributed by atoms with E-state index in [1.807, 2.05) is 31.2 Å². The fraction of sp³-hybridized carbons (Fsp3) is 0.235. The van der Waals surface area contributed by atoms with Crippen molar-refractivity contribution < 1.29 is 14.3 Å². The smallest absolute Gasteiger partial charge is 0.258 e. The predicted octanol–water partition coefficient (Wildman–Crippen LogP) is 3.43. The van der Waals surface area contributed by atoms with E-state index in [0.717, 1.165) is 11.3 Å². The Hall–Kier alpha value is -2.20. The lowest BCUT2D eigenvalue weighted by Crippen LogP contribution is -2.28. The molecule has 0 atom stereocenters. The van der Waals surface area contributed by atoms with Gasteiger partial charge in [0, 0.05) is 6.54 Å². The zero-order valence-electron chi connectivity index (χ0n) is 12.3. The summed E-state index contributed by atoms with van der Waals surface area (Å²) in [6.45, 7) is 2.94. The third-order valence-electron chi connectivity index (χ3n) is 2.92. The van der Waals surface area contributed by atoms with Gasteiger partial charge in [0.1, 0.15) is 11.5 Å². The molecule has 2 aromatic carbocycles. The van der Waals surface area contributed by atoms with Crippen LogP contribution >= 0.6 is 11.6 Å². The van der Waals surface area contributed by atoms with E-state index in [9.17, 15) is 4.79 Å². The zero-order chi connectivity index (χ0) is 15.8. The van der Waals surface area contributed by atoms with E-state index < -0.39 is 0 Å². The number of benzene rings is 2. The lowest BCUT2D eigenvalue weighted by Gasteiger charge is -2.09. The molecule has 0 heterocycles. The molecule has 2 aromatic rings. The number of halogens is 1. The Morgan fingerprint density at radius 3 is 2.50 bits per heavy atom. The molecule has 0 aromatic heterocycles. The van der Waals surface area contributed by atoms with Crippen LogP contribution in [-0.4, -0.2) is 19.1 Å². The minimum absolute atomic E-state index is 0.0687. The molecule has 0 saturated carbocycles. The molecule has 0 bridgehead atoms. The summed E-state index contributed by atoms with van der Waals surface area (Å²) >= 11 is 5.95. The van der Waals surface area contributed by atoms with Gasteiger partial charge >= 0.3 is 0 Å². The maximum absolute atomic E-state index is 11.8. The summed E-state index contributed by atoms with van der Waals surface area (Å²) in [6.07, 6.45) is 0. The minimum atomic E-state index is -0.200. The van der Waals surface area contributed by atoms with Crippen LogP contribution in [-0.2, 0) is 11.3 Å². The van der Waals surface area contributed by atoms with Crippen LogP contribution in [0.5, 0.6) is 11.5 Å². The quantitative estimate of drug-likeness (QED) is 0.850. The van der Waals surface area contributed by atoms with Gasteiger partial charge in [0.15, 0.2) is 6.61 Å². The highest BCUT2D eigenvalue weighted by molar-refractivity contribution is 6.32. The predicted molar refractivity (Wildman–Crippen MR) is 86.4 cm³/mol. The van der Waals surface area contributed by atoms with Gasteiger partial charge in [-0.3, -0.25) is 4.79 Å². The van der Waals surface area contributed by atoms with E-state index in [-0.39, 0.29) is 12.5 Å². The number of para-hydroxylation sites is 1. The SMILES string of the molecule is CCOc1ccc(CNC(=O)COc2ccccc2Cl)cc1. The molecule has 0 saturated heterocycles. The Morgan fingerprint density at radius 1 is 1.09 bits per heavy atom. The molecule has 0 aliphatic carbocycles. The van der Waals surface area contributed by atoms with Crippen LogP contribution < -0.4 is 14.8 Å². The Morgan fingerprint density at radius 2 is 1.82 bits per heavy atom. The second kappa shape index (κ2) is 8.29. The molecule has 0 aliphatic heterocycles. The Kier molecular flexibility index (Phi) is 6.10. The Bertz CT molecular complexity index is 614. The lowest BCUT2D eigenvalue weighted by atomic mass is 10.2. The van der Waals surface area contributed by atoms with Crippen LogP contribution in [0.1, 0.15) is 12.5 Å². The van der Waals surface area contributed by atoms with Crippen molar-refractivity contribution in [3.8, 4) is 11.5 Å². The molecule has 0 spiro atoms. The summed E-state index contributed by atoms with van der Waals surface area (Å²) in [5.74, 6) is 1.12. The van der Waals surface area contributed by atoms with E-state index in [1.54, 1.807) is 24.3 Å².